The topological polar surface area (TPSA) is 108 Å². The van der Waals surface area contributed by atoms with Gasteiger partial charge in [-0.05, 0) is 100 Å². The molecule has 54 heavy (non-hydrogen) atoms. The third kappa shape index (κ3) is 8.36. The number of rotatable bonds is 15. The average Bonchev–Trinajstić information content (AvgIpc) is 3.84. The van der Waals surface area contributed by atoms with Crippen LogP contribution in [0.5, 0.6) is 23.0 Å². The predicted octanol–water partition coefficient (Wildman–Crippen LogP) is 6.72. The summed E-state index contributed by atoms with van der Waals surface area (Å²) < 4.78 is 24.0. The molecule has 284 valence electrons. The first-order valence-corrected chi connectivity index (χ1v) is 18.6. The number of Topliss-reactive ketones (excluding diaryl/α,β-unsaturated/α-hetero) is 1. The van der Waals surface area contributed by atoms with Crippen LogP contribution in [-0.2, 0) is 12.0 Å². The van der Waals surface area contributed by atoms with E-state index in [9.17, 15) is 9.59 Å². The van der Waals surface area contributed by atoms with Gasteiger partial charge in [-0.15, -0.1) is 0 Å². The highest BCUT2D eigenvalue weighted by Gasteiger charge is 2.42. The number of benzene rings is 2. The molecular weight excluding hydrogens is 683 g/mol. The van der Waals surface area contributed by atoms with Gasteiger partial charge in [0.25, 0.3) is 5.91 Å². The quantitative estimate of drug-likeness (QED) is 0.0973. The monoisotopic (exact) mass is 733 g/mol. The molecule has 2 aromatic heterocycles. The van der Waals surface area contributed by atoms with E-state index in [-0.39, 0.29) is 23.0 Å². The Bertz CT molecular complexity index is 1920. The number of piperidine rings is 1. The van der Waals surface area contributed by atoms with E-state index in [1.54, 1.807) is 53.0 Å². The van der Waals surface area contributed by atoms with Crippen LogP contribution in [0.4, 0.5) is 0 Å². The highest BCUT2D eigenvalue weighted by Crippen LogP contribution is 2.42. The van der Waals surface area contributed by atoms with Gasteiger partial charge in [-0.3, -0.25) is 14.6 Å². The molecule has 1 atom stereocenters. The number of hydrogen-bond acceptors (Lipinski definition) is 9. The molecule has 1 unspecified atom stereocenters. The second-order valence-corrected chi connectivity index (χ2v) is 13.9. The summed E-state index contributed by atoms with van der Waals surface area (Å²) in [5.41, 5.74) is 3.18. The Morgan fingerprint density at radius 1 is 0.889 bits per heavy atom. The Kier molecular flexibility index (Phi) is 12.5. The fraction of sp³-hybridized carbons (Fsp3) is 0.395. The highest BCUT2D eigenvalue weighted by molar-refractivity contribution is 5.96. The molecule has 0 N–H and O–H groups in total. The molecule has 0 bridgehead atoms. The maximum atomic E-state index is 14.0. The summed E-state index contributed by atoms with van der Waals surface area (Å²) in [6, 6.07) is 17.5. The Labute approximate surface area is 318 Å². The first-order valence-electron chi connectivity index (χ1n) is 18.6. The van der Waals surface area contributed by atoms with Crippen molar-refractivity contribution in [3.8, 4) is 23.0 Å². The fourth-order valence-corrected chi connectivity index (χ4v) is 7.74. The van der Waals surface area contributed by atoms with Gasteiger partial charge in [0.15, 0.2) is 17.3 Å². The van der Waals surface area contributed by atoms with Crippen LogP contribution in [0.3, 0.4) is 0 Å². The summed E-state index contributed by atoms with van der Waals surface area (Å²) in [5, 5.41) is 0. The molecule has 0 spiro atoms. The molecule has 11 nitrogen and oxygen atoms in total. The Morgan fingerprint density at radius 2 is 1.63 bits per heavy atom. The van der Waals surface area contributed by atoms with E-state index in [0.717, 1.165) is 62.5 Å². The van der Waals surface area contributed by atoms with Gasteiger partial charge >= 0.3 is 0 Å². The minimum Gasteiger partial charge on any atom is -0.497 e. The number of carbonyl (C=O) groups is 2. The van der Waals surface area contributed by atoms with Crippen molar-refractivity contribution in [2.45, 2.75) is 44.6 Å². The third-order valence-electron chi connectivity index (χ3n) is 10.8. The number of allylic oxidation sites excluding steroid dienone is 3. The number of aromatic nitrogens is 3. The lowest BCUT2D eigenvalue weighted by molar-refractivity contribution is 0.0777. The average molecular weight is 734 g/mol. The summed E-state index contributed by atoms with van der Waals surface area (Å²) in [5.74, 6) is 2.53. The summed E-state index contributed by atoms with van der Waals surface area (Å²) in [6.45, 7) is 6.13. The number of imidazole rings is 1. The van der Waals surface area contributed by atoms with Gasteiger partial charge in [-0.1, -0.05) is 36.4 Å². The smallest absolute Gasteiger partial charge is 0.254 e. The van der Waals surface area contributed by atoms with Crippen molar-refractivity contribution in [3.05, 3.63) is 114 Å². The molecule has 0 aliphatic carbocycles. The summed E-state index contributed by atoms with van der Waals surface area (Å²) in [6.07, 6.45) is 14.7. The molecular formula is C43H51N5O6. The summed E-state index contributed by atoms with van der Waals surface area (Å²) in [4.78, 5) is 41.6. The molecule has 2 aliphatic rings. The lowest BCUT2D eigenvalue weighted by atomic mass is 9.76. The zero-order valence-corrected chi connectivity index (χ0v) is 32.0. The maximum absolute atomic E-state index is 14.0. The minimum absolute atomic E-state index is 0.0779. The number of pyridine rings is 1. The number of ketones is 1. The number of amides is 1. The van der Waals surface area contributed by atoms with Crippen molar-refractivity contribution in [2.24, 2.45) is 5.92 Å². The maximum Gasteiger partial charge on any atom is 0.254 e. The van der Waals surface area contributed by atoms with Crippen LogP contribution in [0.15, 0.2) is 85.2 Å². The first-order chi connectivity index (χ1) is 26.3. The van der Waals surface area contributed by atoms with E-state index in [2.05, 4.69) is 27.0 Å². The van der Waals surface area contributed by atoms with Crippen LogP contribution in [0.1, 0.15) is 70.5 Å². The van der Waals surface area contributed by atoms with Gasteiger partial charge in [0.2, 0.25) is 11.5 Å². The zero-order chi connectivity index (χ0) is 38.1. The van der Waals surface area contributed by atoms with Crippen molar-refractivity contribution < 1.29 is 28.5 Å². The largest absolute Gasteiger partial charge is 0.497 e. The number of methoxy groups -OCH3 is 4. The standard InChI is InChI=1S/C43H51N5O6/c1-6-7-8-12-35-28-45-41(48(35)29-34-11-9-10-21-44-34)39(49)31-17-22-46(23-18-31)24-19-43(33-13-15-36(51-2)16-14-33)20-25-47(30-43)42(50)32-26-37(52-3)40(54-5)38(27-32)53-4/h6-16,21,26-28,31H,17-20,22-25,29-30H2,1-5H3. The lowest BCUT2D eigenvalue weighted by Crippen LogP contribution is -2.41. The van der Waals surface area contributed by atoms with Gasteiger partial charge < -0.3 is 33.3 Å². The minimum atomic E-state index is -0.248. The summed E-state index contributed by atoms with van der Waals surface area (Å²) >= 11 is 0. The fourth-order valence-electron chi connectivity index (χ4n) is 7.74. The van der Waals surface area contributed by atoms with Crippen LogP contribution in [0, 0.1) is 5.92 Å². The number of likely N-dealkylation sites (tertiary alicyclic amines) is 2. The van der Waals surface area contributed by atoms with Crippen molar-refractivity contribution in [1.29, 1.82) is 0 Å². The molecule has 4 aromatic rings. The highest BCUT2D eigenvalue weighted by atomic mass is 16.5. The van der Waals surface area contributed by atoms with Crippen LogP contribution in [-0.4, -0.2) is 97.2 Å². The van der Waals surface area contributed by atoms with Crippen molar-refractivity contribution in [3.63, 3.8) is 0 Å². The number of ether oxygens (including phenoxy) is 4. The third-order valence-corrected chi connectivity index (χ3v) is 10.8. The van der Waals surface area contributed by atoms with Gasteiger partial charge in [-0.25, -0.2) is 4.98 Å². The number of nitrogens with zero attached hydrogens (tertiary/aromatic N) is 5. The van der Waals surface area contributed by atoms with E-state index >= 15 is 0 Å². The predicted molar refractivity (Wildman–Crippen MR) is 209 cm³/mol. The Balaban J connectivity index is 1.15. The van der Waals surface area contributed by atoms with E-state index in [1.807, 2.05) is 71.0 Å². The number of carbonyl (C=O) groups excluding carboxylic acids is 2. The lowest BCUT2D eigenvalue weighted by Gasteiger charge is -2.36. The van der Waals surface area contributed by atoms with Gasteiger partial charge in [0.05, 0.1) is 52.6 Å². The molecule has 2 fully saturated rings. The first kappa shape index (κ1) is 38.3. The second kappa shape index (κ2) is 17.6. The van der Waals surface area contributed by atoms with E-state index in [0.29, 0.717) is 48.3 Å². The zero-order valence-electron chi connectivity index (χ0n) is 32.0. The van der Waals surface area contributed by atoms with Gasteiger partial charge in [0, 0.05) is 36.2 Å². The molecule has 2 aliphatic heterocycles. The van der Waals surface area contributed by atoms with Crippen molar-refractivity contribution >= 4 is 17.8 Å². The molecule has 0 saturated carbocycles. The van der Waals surface area contributed by atoms with Crippen LogP contribution in [0.2, 0.25) is 0 Å². The Morgan fingerprint density at radius 3 is 2.26 bits per heavy atom. The van der Waals surface area contributed by atoms with Crippen LogP contribution >= 0.6 is 0 Å². The van der Waals surface area contributed by atoms with Gasteiger partial charge in [0.1, 0.15) is 5.75 Å². The molecule has 1 amide bonds. The molecule has 11 heteroatoms. The molecule has 0 radical (unpaired) electrons. The van der Waals surface area contributed by atoms with E-state index in [4.69, 9.17) is 18.9 Å². The molecule has 4 heterocycles. The molecule has 2 aromatic carbocycles. The van der Waals surface area contributed by atoms with Crippen LogP contribution in [0.25, 0.3) is 6.08 Å². The van der Waals surface area contributed by atoms with Crippen molar-refractivity contribution in [2.75, 3.05) is 61.2 Å². The molecule has 6 rings (SSSR count). The molecule has 2 saturated heterocycles. The van der Waals surface area contributed by atoms with E-state index < -0.39 is 0 Å². The van der Waals surface area contributed by atoms with Crippen molar-refractivity contribution in [1.82, 2.24) is 24.3 Å². The van der Waals surface area contributed by atoms with Crippen LogP contribution < -0.4 is 18.9 Å². The summed E-state index contributed by atoms with van der Waals surface area (Å²) in [7, 11) is 6.32. The van der Waals surface area contributed by atoms with E-state index in [1.165, 1.54) is 5.56 Å². The second-order valence-electron chi connectivity index (χ2n) is 13.9. The normalized spacial score (nSPS) is 18.1. The van der Waals surface area contributed by atoms with Gasteiger partial charge in [-0.2, -0.15) is 0 Å². The number of hydrogen-bond donors (Lipinski definition) is 0. The Hall–Kier alpha value is -5.42. The SMILES string of the molecule is CC=CC=Cc1cnc(C(=O)C2CCN(CCC3(c4ccc(OC)cc4)CCN(C(=O)c4cc(OC)c(OC)c(OC)c4)C3)CC2)n1Cc1ccccn1.